The smallest absolute Gasteiger partial charge is 0.261 e. The molecule has 4 rings (SSSR count). The van der Waals surface area contributed by atoms with Crippen molar-refractivity contribution in [3.05, 3.63) is 75.9 Å². The number of nitrogens with zero attached hydrogens (tertiary/aromatic N) is 1. The summed E-state index contributed by atoms with van der Waals surface area (Å²) in [6, 6.07) is 15.2. The van der Waals surface area contributed by atoms with Crippen molar-refractivity contribution in [2.75, 3.05) is 0 Å². The molecule has 5 heteroatoms. The van der Waals surface area contributed by atoms with Crippen LogP contribution in [0.25, 0.3) is 33.5 Å². The summed E-state index contributed by atoms with van der Waals surface area (Å²) in [5.74, 6) is 0.307. The monoisotopic (exact) mass is 378 g/mol. The molecule has 0 aliphatic rings. The molecule has 4 nitrogen and oxygen atoms in total. The Bertz CT molecular complexity index is 1180. The lowest BCUT2D eigenvalue weighted by Crippen LogP contribution is -2.13. The van der Waals surface area contributed by atoms with Crippen LogP contribution in [0.15, 0.2) is 64.0 Å². The minimum Gasteiger partial charge on any atom is -0.444 e. The summed E-state index contributed by atoms with van der Waals surface area (Å²) in [5.41, 5.74) is 3.16. The maximum atomic E-state index is 13.0. The van der Waals surface area contributed by atoms with E-state index in [2.05, 4.69) is 30.7 Å². The highest BCUT2D eigenvalue weighted by atomic mass is 35.5. The average molecular weight is 379 g/mol. The average Bonchev–Trinajstić information content (AvgIpc) is 3.12. The van der Waals surface area contributed by atoms with E-state index in [0.29, 0.717) is 16.5 Å². The van der Waals surface area contributed by atoms with Gasteiger partial charge in [0.1, 0.15) is 11.8 Å². The molecule has 0 atom stereocenters. The molecule has 136 valence electrons. The van der Waals surface area contributed by atoms with Crippen LogP contribution in [0.5, 0.6) is 0 Å². The molecule has 4 aromatic rings. The van der Waals surface area contributed by atoms with E-state index in [1.165, 1.54) is 0 Å². The van der Waals surface area contributed by atoms with Crippen LogP contribution >= 0.6 is 11.6 Å². The van der Waals surface area contributed by atoms with Crippen LogP contribution in [-0.4, -0.2) is 9.97 Å². The van der Waals surface area contributed by atoms with Gasteiger partial charge in [-0.15, -0.1) is 0 Å². The maximum absolute atomic E-state index is 13.0. The first kappa shape index (κ1) is 17.6. The third-order valence-corrected chi connectivity index (χ3v) is 4.76. The largest absolute Gasteiger partial charge is 0.444 e. The van der Waals surface area contributed by atoms with Gasteiger partial charge in [0.05, 0.1) is 5.69 Å². The summed E-state index contributed by atoms with van der Waals surface area (Å²) in [7, 11) is 0. The zero-order valence-electron chi connectivity index (χ0n) is 15.3. The molecule has 0 unspecified atom stereocenters. The van der Waals surface area contributed by atoms with Crippen molar-refractivity contribution in [3.63, 3.8) is 0 Å². The molecule has 27 heavy (non-hydrogen) atoms. The number of pyridine rings is 1. The van der Waals surface area contributed by atoms with Crippen molar-refractivity contribution in [1.82, 2.24) is 9.97 Å². The van der Waals surface area contributed by atoms with Gasteiger partial charge >= 0.3 is 0 Å². The van der Waals surface area contributed by atoms with Crippen LogP contribution < -0.4 is 5.56 Å². The molecule has 0 aliphatic carbocycles. The lowest BCUT2D eigenvalue weighted by atomic mass is 9.93. The molecule has 0 saturated carbocycles. The number of H-pyrrole nitrogens is 1. The van der Waals surface area contributed by atoms with E-state index in [0.717, 1.165) is 27.7 Å². The molecular weight excluding hydrogens is 360 g/mol. The molecule has 1 N–H and O–H groups in total. The molecule has 0 saturated heterocycles. The Morgan fingerprint density at radius 3 is 2.44 bits per heavy atom. The van der Waals surface area contributed by atoms with Gasteiger partial charge < -0.3 is 9.40 Å². The van der Waals surface area contributed by atoms with Gasteiger partial charge in [0.2, 0.25) is 5.89 Å². The fourth-order valence-corrected chi connectivity index (χ4v) is 3.28. The van der Waals surface area contributed by atoms with Crippen LogP contribution in [0, 0.1) is 0 Å². The van der Waals surface area contributed by atoms with E-state index in [9.17, 15) is 4.79 Å². The number of aromatic nitrogens is 2. The van der Waals surface area contributed by atoms with Crippen molar-refractivity contribution in [2.24, 2.45) is 0 Å². The first-order chi connectivity index (χ1) is 12.8. The number of nitrogens with one attached hydrogen (secondary N) is 1. The third kappa shape index (κ3) is 3.17. The normalized spacial score (nSPS) is 11.9. The van der Waals surface area contributed by atoms with Crippen molar-refractivity contribution < 1.29 is 4.42 Å². The van der Waals surface area contributed by atoms with E-state index in [-0.39, 0.29) is 11.0 Å². The lowest BCUT2D eigenvalue weighted by Gasteiger charge is -2.13. The molecule has 0 spiro atoms. The molecule has 2 heterocycles. The first-order valence-corrected chi connectivity index (χ1v) is 9.10. The fourth-order valence-electron chi connectivity index (χ4n) is 3.11. The number of benzene rings is 2. The molecule has 2 aromatic heterocycles. The van der Waals surface area contributed by atoms with Gasteiger partial charge in [0.25, 0.3) is 5.56 Å². The molecule has 0 radical (unpaired) electrons. The van der Waals surface area contributed by atoms with Crippen LogP contribution in [0.4, 0.5) is 0 Å². The Balaban J connectivity index is 2.10. The number of halogens is 1. The SMILES string of the molecule is CC(C)(C)c1coc(-c2c(-c3ccccc3)c3cc(Cl)ccc3[nH]c2=O)n1. The van der Waals surface area contributed by atoms with Gasteiger partial charge in [0, 0.05) is 26.9 Å². The number of rotatable bonds is 2. The third-order valence-electron chi connectivity index (χ3n) is 4.53. The quantitative estimate of drug-likeness (QED) is 0.479. The predicted molar refractivity (Wildman–Crippen MR) is 109 cm³/mol. The Kier molecular flexibility index (Phi) is 4.16. The fraction of sp³-hybridized carbons (Fsp3) is 0.182. The summed E-state index contributed by atoms with van der Waals surface area (Å²) in [6.45, 7) is 6.16. The second-order valence-corrected chi connectivity index (χ2v) is 7.98. The van der Waals surface area contributed by atoms with Crippen LogP contribution in [-0.2, 0) is 5.41 Å². The van der Waals surface area contributed by atoms with E-state index in [1.54, 1.807) is 12.3 Å². The topological polar surface area (TPSA) is 58.9 Å². The summed E-state index contributed by atoms with van der Waals surface area (Å²) in [5, 5.41) is 1.44. The Labute approximate surface area is 161 Å². The highest BCUT2D eigenvalue weighted by Crippen LogP contribution is 2.36. The van der Waals surface area contributed by atoms with E-state index in [4.69, 9.17) is 16.0 Å². The van der Waals surface area contributed by atoms with Gasteiger partial charge in [-0.1, -0.05) is 62.7 Å². The highest BCUT2D eigenvalue weighted by molar-refractivity contribution is 6.31. The number of hydrogen-bond donors (Lipinski definition) is 1. The zero-order chi connectivity index (χ0) is 19.2. The summed E-state index contributed by atoms with van der Waals surface area (Å²) in [4.78, 5) is 20.5. The van der Waals surface area contributed by atoms with E-state index >= 15 is 0 Å². The summed E-state index contributed by atoms with van der Waals surface area (Å²) >= 11 is 6.25. The maximum Gasteiger partial charge on any atom is 0.261 e. The van der Waals surface area contributed by atoms with Crippen molar-refractivity contribution in [3.8, 4) is 22.6 Å². The van der Waals surface area contributed by atoms with Crippen LogP contribution in [0.3, 0.4) is 0 Å². The Morgan fingerprint density at radius 2 is 1.78 bits per heavy atom. The highest BCUT2D eigenvalue weighted by Gasteiger charge is 2.24. The second-order valence-electron chi connectivity index (χ2n) is 7.55. The number of fused-ring (bicyclic) bond motifs is 1. The Morgan fingerprint density at radius 1 is 1.04 bits per heavy atom. The molecule has 2 aromatic carbocycles. The lowest BCUT2D eigenvalue weighted by molar-refractivity contribution is 0.543. The molecule has 0 bridgehead atoms. The standard InChI is InChI=1S/C22H19ClN2O2/c1-22(2,3)17-12-27-21(25-17)19-18(13-7-5-4-6-8-13)15-11-14(23)9-10-16(15)24-20(19)26/h4-12H,1-3H3,(H,24,26). The second kappa shape index (κ2) is 6.39. The minimum atomic E-state index is -0.244. The van der Waals surface area contributed by atoms with Crippen molar-refractivity contribution in [1.29, 1.82) is 0 Å². The van der Waals surface area contributed by atoms with Gasteiger partial charge in [-0.3, -0.25) is 4.79 Å². The predicted octanol–water partition coefficient (Wildman–Crippen LogP) is 5.80. The first-order valence-electron chi connectivity index (χ1n) is 8.72. The van der Waals surface area contributed by atoms with Gasteiger partial charge in [-0.2, -0.15) is 0 Å². The van der Waals surface area contributed by atoms with Gasteiger partial charge in [-0.25, -0.2) is 4.98 Å². The number of oxazole rings is 1. The van der Waals surface area contributed by atoms with Crippen LogP contribution in [0.2, 0.25) is 5.02 Å². The van der Waals surface area contributed by atoms with Crippen molar-refractivity contribution in [2.45, 2.75) is 26.2 Å². The van der Waals surface area contributed by atoms with E-state index < -0.39 is 0 Å². The minimum absolute atomic E-state index is 0.179. The van der Waals surface area contributed by atoms with Crippen LogP contribution in [0.1, 0.15) is 26.5 Å². The van der Waals surface area contributed by atoms with Gasteiger partial charge in [-0.05, 0) is 23.8 Å². The van der Waals surface area contributed by atoms with Gasteiger partial charge in [0.15, 0.2) is 0 Å². The molecule has 0 aliphatic heterocycles. The molecular formula is C22H19ClN2O2. The summed E-state index contributed by atoms with van der Waals surface area (Å²) in [6.07, 6.45) is 1.62. The van der Waals surface area contributed by atoms with E-state index in [1.807, 2.05) is 42.5 Å². The summed E-state index contributed by atoms with van der Waals surface area (Å²) < 4.78 is 5.74. The molecule has 0 fully saturated rings. The Hall–Kier alpha value is -2.85. The molecule has 0 amide bonds. The number of aromatic amines is 1. The zero-order valence-corrected chi connectivity index (χ0v) is 16.1. The van der Waals surface area contributed by atoms with Crippen molar-refractivity contribution >= 4 is 22.5 Å². The number of hydrogen-bond acceptors (Lipinski definition) is 3.